The van der Waals surface area contributed by atoms with Crippen LogP contribution in [-0.2, 0) is 10.0 Å². The van der Waals surface area contributed by atoms with E-state index >= 15 is 0 Å². The van der Waals surface area contributed by atoms with Crippen LogP contribution in [0.1, 0.15) is 34.9 Å². The van der Waals surface area contributed by atoms with Gasteiger partial charge in [-0.3, -0.25) is 4.79 Å². The van der Waals surface area contributed by atoms with Crippen LogP contribution in [-0.4, -0.2) is 36.9 Å². The van der Waals surface area contributed by atoms with Gasteiger partial charge in [0.1, 0.15) is 16.4 Å². The average molecular weight is 339 g/mol. The molecule has 0 atom stereocenters. The highest BCUT2D eigenvalue weighted by Crippen LogP contribution is 2.26. The fourth-order valence-electron chi connectivity index (χ4n) is 2.50. The molecule has 9 heteroatoms. The second-order valence-electron chi connectivity index (χ2n) is 5.42. The molecule has 0 radical (unpaired) electrons. The number of aryl methyl sites for hydroxylation is 2. The van der Waals surface area contributed by atoms with E-state index in [4.69, 9.17) is 8.94 Å². The molecule has 3 rings (SSSR count). The number of nitrogens with one attached hydrogen (secondary N) is 1. The van der Waals surface area contributed by atoms with Crippen molar-refractivity contribution in [1.29, 1.82) is 0 Å². The lowest BCUT2D eigenvalue weighted by Gasteiger charge is -2.14. The minimum absolute atomic E-state index is 0.0286. The van der Waals surface area contributed by atoms with Crippen molar-refractivity contribution in [1.82, 2.24) is 9.46 Å². The lowest BCUT2D eigenvalue weighted by atomic mass is 10.4. The van der Waals surface area contributed by atoms with Crippen LogP contribution in [0, 0.1) is 13.8 Å². The number of anilines is 1. The Hall–Kier alpha value is -2.13. The first kappa shape index (κ1) is 15.8. The Kier molecular flexibility index (Phi) is 3.99. The largest absolute Gasteiger partial charge is 0.455 e. The highest BCUT2D eigenvalue weighted by Gasteiger charge is 2.31. The predicted molar refractivity (Wildman–Crippen MR) is 80.6 cm³/mol. The second-order valence-corrected chi connectivity index (χ2v) is 7.33. The van der Waals surface area contributed by atoms with Gasteiger partial charge in [-0.15, -0.1) is 0 Å². The molecule has 2 aromatic rings. The Bertz CT molecular complexity index is 830. The predicted octanol–water partition coefficient (Wildman–Crippen LogP) is 1.92. The van der Waals surface area contributed by atoms with E-state index < -0.39 is 15.9 Å². The van der Waals surface area contributed by atoms with E-state index in [1.807, 2.05) is 0 Å². The van der Waals surface area contributed by atoms with Crippen molar-refractivity contribution < 1.29 is 22.2 Å². The third-order valence-electron chi connectivity index (χ3n) is 3.65. The summed E-state index contributed by atoms with van der Waals surface area (Å²) in [5.74, 6) is 0.322. The third-order valence-corrected chi connectivity index (χ3v) is 5.65. The van der Waals surface area contributed by atoms with Crippen molar-refractivity contribution in [3.63, 3.8) is 0 Å². The number of hydrogen-bond donors (Lipinski definition) is 1. The van der Waals surface area contributed by atoms with Crippen LogP contribution < -0.4 is 5.32 Å². The Morgan fingerprint density at radius 3 is 2.57 bits per heavy atom. The molecule has 0 unspecified atom stereocenters. The van der Waals surface area contributed by atoms with Gasteiger partial charge in [0.2, 0.25) is 10.0 Å². The SMILES string of the molecule is Cc1cc(NC(=O)c2cc(S(=O)(=O)N3CCCC3)c(C)o2)no1. The Labute approximate surface area is 133 Å². The van der Waals surface area contributed by atoms with E-state index in [0.717, 1.165) is 12.8 Å². The van der Waals surface area contributed by atoms with Gasteiger partial charge in [-0.05, 0) is 26.7 Å². The molecule has 0 aromatic carbocycles. The summed E-state index contributed by atoms with van der Waals surface area (Å²) in [4.78, 5) is 12.2. The van der Waals surface area contributed by atoms with E-state index in [9.17, 15) is 13.2 Å². The van der Waals surface area contributed by atoms with Gasteiger partial charge in [0.15, 0.2) is 11.6 Å². The molecule has 0 aliphatic carbocycles. The molecule has 0 saturated carbocycles. The van der Waals surface area contributed by atoms with Crippen molar-refractivity contribution in [3.8, 4) is 0 Å². The zero-order chi connectivity index (χ0) is 16.6. The highest BCUT2D eigenvalue weighted by atomic mass is 32.2. The molecular formula is C14H17N3O5S. The summed E-state index contributed by atoms with van der Waals surface area (Å²) in [5.41, 5.74) is 0. The third kappa shape index (κ3) is 3.02. The van der Waals surface area contributed by atoms with E-state index in [-0.39, 0.29) is 22.2 Å². The summed E-state index contributed by atoms with van der Waals surface area (Å²) >= 11 is 0. The average Bonchev–Trinajstić information content (AvgIpc) is 3.19. The first-order chi connectivity index (χ1) is 10.9. The summed E-state index contributed by atoms with van der Waals surface area (Å²) in [6.45, 7) is 4.21. The van der Waals surface area contributed by atoms with Crippen LogP contribution in [0.15, 0.2) is 26.0 Å². The van der Waals surface area contributed by atoms with Crippen molar-refractivity contribution in [2.75, 3.05) is 18.4 Å². The number of aromatic nitrogens is 1. The van der Waals surface area contributed by atoms with E-state index in [1.54, 1.807) is 13.0 Å². The summed E-state index contributed by atoms with van der Waals surface area (Å²) in [6.07, 6.45) is 1.68. The number of rotatable bonds is 4. The lowest BCUT2D eigenvalue weighted by molar-refractivity contribution is 0.0994. The van der Waals surface area contributed by atoms with E-state index in [0.29, 0.717) is 18.8 Å². The molecule has 1 aliphatic rings. The zero-order valence-corrected chi connectivity index (χ0v) is 13.6. The number of carbonyl (C=O) groups excluding carboxylic acids is 1. The molecule has 1 fully saturated rings. The van der Waals surface area contributed by atoms with Crippen LogP contribution in [0.5, 0.6) is 0 Å². The Balaban J connectivity index is 1.84. The number of hydrogen-bond acceptors (Lipinski definition) is 6. The minimum atomic E-state index is -3.63. The number of carbonyl (C=O) groups is 1. The molecule has 0 spiro atoms. The molecule has 124 valence electrons. The van der Waals surface area contributed by atoms with Crippen LogP contribution in [0.4, 0.5) is 5.82 Å². The van der Waals surface area contributed by atoms with Gasteiger partial charge < -0.3 is 14.3 Å². The van der Waals surface area contributed by atoms with Crippen LogP contribution in [0.25, 0.3) is 0 Å². The Morgan fingerprint density at radius 2 is 1.96 bits per heavy atom. The van der Waals surface area contributed by atoms with Gasteiger partial charge in [-0.25, -0.2) is 8.42 Å². The number of nitrogens with zero attached hydrogens (tertiary/aromatic N) is 2. The molecule has 1 aliphatic heterocycles. The van der Waals surface area contributed by atoms with Crippen molar-refractivity contribution in [3.05, 3.63) is 29.4 Å². The molecule has 8 nitrogen and oxygen atoms in total. The fraction of sp³-hybridized carbons (Fsp3) is 0.429. The molecule has 23 heavy (non-hydrogen) atoms. The van der Waals surface area contributed by atoms with Gasteiger partial charge in [0, 0.05) is 25.2 Å². The van der Waals surface area contributed by atoms with E-state index in [1.165, 1.54) is 17.3 Å². The molecule has 0 bridgehead atoms. The maximum atomic E-state index is 12.6. The number of furan rings is 1. The molecule has 1 saturated heterocycles. The summed E-state index contributed by atoms with van der Waals surface area (Å²) in [5, 5.41) is 6.14. The summed E-state index contributed by atoms with van der Waals surface area (Å²) in [7, 11) is -3.63. The van der Waals surface area contributed by atoms with E-state index in [2.05, 4.69) is 10.5 Å². The maximum Gasteiger partial charge on any atom is 0.292 e. The lowest BCUT2D eigenvalue weighted by Crippen LogP contribution is -2.28. The highest BCUT2D eigenvalue weighted by molar-refractivity contribution is 7.89. The van der Waals surface area contributed by atoms with Crippen LogP contribution >= 0.6 is 0 Å². The quantitative estimate of drug-likeness (QED) is 0.912. The smallest absolute Gasteiger partial charge is 0.292 e. The van der Waals surface area contributed by atoms with Crippen LogP contribution in [0.2, 0.25) is 0 Å². The van der Waals surface area contributed by atoms with Crippen LogP contribution in [0.3, 0.4) is 0 Å². The zero-order valence-electron chi connectivity index (χ0n) is 12.8. The monoisotopic (exact) mass is 339 g/mol. The molecule has 3 heterocycles. The van der Waals surface area contributed by atoms with Gasteiger partial charge in [0.05, 0.1) is 0 Å². The second kappa shape index (κ2) is 5.82. The van der Waals surface area contributed by atoms with Gasteiger partial charge in [-0.2, -0.15) is 4.31 Å². The summed E-state index contributed by atoms with van der Waals surface area (Å²) in [6, 6.07) is 2.81. The fourth-order valence-corrected chi connectivity index (χ4v) is 4.18. The molecule has 1 amide bonds. The van der Waals surface area contributed by atoms with Gasteiger partial charge >= 0.3 is 0 Å². The van der Waals surface area contributed by atoms with Gasteiger partial charge in [0.25, 0.3) is 5.91 Å². The normalized spacial score (nSPS) is 15.9. The maximum absolute atomic E-state index is 12.6. The molecule has 1 N–H and O–H groups in total. The standard InChI is InChI=1S/C14H17N3O5S/c1-9-7-13(16-22-9)15-14(18)11-8-12(10(2)21-11)23(19,20)17-5-3-4-6-17/h7-8H,3-6H2,1-2H3,(H,15,16,18). The first-order valence-corrected chi connectivity index (χ1v) is 8.67. The molecular weight excluding hydrogens is 322 g/mol. The first-order valence-electron chi connectivity index (χ1n) is 7.23. The Morgan fingerprint density at radius 1 is 1.26 bits per heavy atom. The topological polar surface area (TPSA) is 106 Å². The van der Waals surface area contributed by atoms with Gasteiger partial charge in [-0.1, -0.05) is 5.16 Å². The van der Waals surface area contributed by atoms with Crippen molar-refractivity contribution in [2.45, 2.75) is 31.6 Å². The minimum Gasteiger partial charge on any atom is -0.455 e. The summed E-state index contributed by atoms with van der Waals surface area (Å²) < 4.78 is 36.7. The number of amides is 1. The van der Waals surface area contributed by atoms with Crippen molar-refractivity contribution >= 4 is 21.7 Å². The van der Waals surface area contributed by atoms with Crippen molar-refractivity contribution in [2.24, 2.45) is 0 Å². The number of sulfonamides is 1. The molecule has 2 aromatic heterocycles.